The molecule has 3 rings (SSSR count). The number of amides is 1. The van der Waals surface area contributed by atoms with E-state index in [1.54, 1.807) is 0 Å². The Morgan fingerprint density at radius 2 is 2.13 bits per heavy atom. The molecule has 2 heterocycles. The Kier molecular flexibility index (Phi) is 5.08. The van der Waals surface area contributed by atoms with Crippen molar-refractivity contribution in [2.45, 2.75) is 19.4 Å². The van der Waals surface area contributed by atoms with Crippen molar-refractivity contribution in [2.24, 2.45) is 13.0 Å². The minimum absolute atomic E-state index is 0.107. The molecule has 2 aromatic rings. The van der Waals surface area contributed by atoms with Gasteiger partial charge in [-0.3, -0.25) is 14.4 Å². The van der Waals surface area contributed by atoms with Gasteiger partial charge in [-0.15, -0.1) is 0 Å². The quantitative estimate of drug-likeness (QED) is 0.881. The molecule has 0 bridgehead atoms. The number of likely N-dealkylation sites (tertiary alicyclic amines) is 1. The van der Waals surface area contributed by atoms with Crippen LogP contribution in [0.5, 0.6) is 0 Å². The standard InChI is InChI=1S/C18H24N4O/c1-21-12-17(11-20-21)9-16-7-8-22(13-16)14-18(23)19-10-15-5-3-2-4-6-15/h2-6,11-12,16H,7-10,13-14H2,1H3,(H,19,23). The minimum Gasteiger partial charge on any atom is -0.351 e. The molecule has 1 amide bonds. The number of aryl methyl sites for hydroxylation is 1. The molecule has 5 heteroatoms. The number of hydrogen-bond acceptors (Lipinski definition) is 3. The van der Waals surface area contributed by atoms with Gasteiger partial charge in [-0.25, -0.2) is 0 Å². The van der Waals surface area contributed by atoms with Crippen LogP contribution in [-0.2, 0) is 24.8 Å². The Hall–Kier alpha value is -2.14. The first-order chi connectivity index (χ1) is 11.2. The van der Waals surface area contributed by atoms with Gasteiger partial charge in [0.2, 0.25) is 5.91 Å². The SMILES string of the molecule is Cn1cc(CC2CCN(CC(=O)NCc3ccccc3)C2)cn1. The number of nitrogens with one attached hydrogen (secondary N) is 1. The van der Waals surface area contributed by atoms with E-state index in [0.29, 0.717) is 19.0 Å². The molecule has 0 spiro atoms. The molecule has 0 saturated carbocycles. The molecule has 0 radical (unpaired) electrons. The Morgan fingerprint density at radius 3 is 2.87 bits per heavy atom. The van der Waals surface area contributed by atoms with E-state index in [4.69, 9.17) is 0 Å². The molecule has 1 saturated heterocycles. The number of rotatable bonds is 6. The molecule has 1 aromatic carbocycles. The second-order valence-electron chi connectivity index (χ2n) is 6.38. The zero-order valence-electron chi connectivity index (χ0n) is 13.6. The monoisotopic (exact) mass is 312 g/mol. The van der Waals surface area contributed by atoms with Crippen LogP contribution in [0.3, 0.4) is 0 Å². The summed E-state index contributed by atoms with van der Waals surface area (Å²) in [7, 11) is 1.95. The number of hydrogen-bond donors (Lipinski definition) is 1. The van der Waals surface area contributed by atoms with E-state index in [1.807, 2.05) is 48.3 Å². The lowest BCUT2D eigenvalue weighted by Gasteiger charge is -2.15. The minimum atomic E-state index is 0.107. The lowest BCUT2D eigenvalue weighted by Crippen LogP contribution is -2.35. The second kappa shape index (κ2) is 7.42. The molecule has 23 heavy (non-hydrogen) atoms. The first-order valence-electron chi connectivity index (χ1n) is 8.19. The summed E-state index contributed by atoms with van der Waals surface area (Å²) in [5.41, 5.74) is 2.42. The van der Waals surface area contributed by atoms with Crippen LogP contribution in [0.4, 0.5) is 0 Å². The fraction of sp³-hybridized carbons (Fsp3) is 0.444. The highest BCUT2D eigenvalue weighted by Crippen LogP contribution is 2.20. The maximum atomic E-state index is 12.1. The average molecular weight is 312 g/mol. The predicted molar refractivity (Wildman–Crippen MR) is 89.7 cm³/mol. The smallest absolute Gasteiger partial charge is 0.234 e. The highest BCUT2D eigenvalue weighted by Gasteiger charge is 2.24. The summed E-state index contributed by atoms with van der Waals surface area (Å²) in [6, 6.07) is 10.0. The third-order valence-corrected chi connectivity index (χ3v) is 4.35. The lowest BCUT2D eigenvalue weighted by molar-refractivity contribution is -0.122. The van der Waals surface area contributed by atoms with Crippen molar-refractivity contribution < 1.29 is 4.79 Å². The lowest BCUT2D eigenvalue weighted by atomic mass is 10.0. The van der Waals surface area contributed by atoms with Crippen LogP contribution < -0.4 is 5.32 Å². The van der Waals surface area contributed by atoms with Crippen molar-refractivity contribution in [1.82, 2.24) is 20.0 Å². The van der Waals surface area contributed by atoms with Crippen LogP contribution in [0.1, 0.15) is 17.5 Å². The second-order valence-corrected chi connectivity index (χ2v) is 6.38. The summed E-state index contributed by atoms with van der Waals surface area (Å²) in [6.45, 7) is 3.10. The molecule has 1 atom stereocenters. The van der Waals surface area contributed by atoms with Gasteiger partial charge >= 0.3 is 0 Å². The van der Waals surface area contributed by atoms with Gasteiger partial charge in [0, 0.05) is 26.3 Å². The highest BCUT2D eigenvalue weighted by molar-refractivity contribution is 5.78. The summed E-state index contributed by atoms with van der Waals surface area (Å²) < 4.78 is 1.85. The van der Waals surface area contributed by atoms with Gasteiger partial charge in [-0.05, 0) is 36.4 Å². The maximum Gasteiger partial charge on any atom is 0.234 e. The van der Waals surface area contributed by atoms with Crippen molar-refractivity contribution in [3.8, 4) is 0 Å². The summed E-state index contributed by atoms with van der Waals surface area (Å²) in [4.78, 5) is 14.3. The Balaban J connectivity index is 1.40. The predicted octanol–water partition coefficient (Wildman–Crippen LogP) is 1.60. The van der Waals surface area contributed by atoms with Gasteiger partial charge in [-0.2, -0.15) is 5.10 Å². The average Bonchev–Trinajstić information content (AvgIpc) is 3.16. The summed E-state index contributed by atoms with van der Waals surface area (Å²) in [5.74, 6) is 0.733. The molecular weight excluding hydrogens is 288 g/mol. The van der Waals surface area contributed by atoms with Crippen LogP contribution in [0.2, 0.25) is 0 Å². The van der Waals surface area contributed by atoms with Gasteiger partial charge in [0.1, 0.15) is 0 Å². The molecule has 1 N–H and O–H groups in total. The fourth-order valence-electron chi connectivity index (χ4n) is 3.19. The van der Waals surface area contributed by atoms with Crippen LogP contribution in [0.25, 0.3) is 0 Å². The normalized spacial score (nSPS) is 18.2. The van der Waals surface area contributed by atoms with Crippen molar-refractivity contribution in [2.75, 3.05) is 19.6 Å². The number of carbonyl (C=O) groups is 1. The first-order valence-corrected chi connectivity index (χ1v) is 8.19. The summed E-state index contributed by atoms with van der Waals surface area (Å²) in [5, 5.41) is 7.22. The van der Waals surface area contributed by atoms with E-state index in [1.165, 1.54) is 5.56 Å². The molecule has 122 valence electrons. The van der Waals surface area contributed by atoms with Gasteiger partial charge in [0.15, 0.2) is 0 Å². The molecule has 1 aromatic heterocycles. The van der Waals surface area contributed by atoms with Crippen LogP contribution in [0, 0.1) is 5.92 Å². The van der Waals surface area contributed by atoms with Crippen molar-refractivity contribution in [1.29, 1.82) is 0 Å². The van der Waals surface area contributed by atoms with Crippen LogP contribution in [-0.4, -0.2) is 40.2 Å². The van der Waals surface area contributed by atoms with E-state index >= 15 is 0 Å². The summed E-state index contributed by atoms with van der Waals surface area (Å²) >= 11 is 0. The Bertz CT molecular complexity index is 637. The van der Waals surface area contributed by atoms with Crippen LogP contribution >= 0.6 is 0 Å². The van der Waals surface area contributed by atoms with E-state index in [0.717, 1.165) is 31.5 Å². The van der Waals surface area contributed by atoms with Crippen LogP contribution in [0.15, 0.2) is 42.7 Å². The van der Waals surface area contributed by atoms with Crippen molar-refractivity contribution >= 4 is 5.91 Å². The zero-order chi connectivity index (χ0) is 16.1. The largest absolute Gasteiger partial charge is 0.351 e. The van der Waals surface area contributed by atoms with Crippen molar-refractivity contribution in [3.05, 3.63) is 53.9 Å². The molecule has 1 aliphatic rings. The Morgan fingerprint density at radius 1 is 1.30 bits per heavy atom. The van der Waals surface area contributed by atoms with E-state index in [9.17, 15) is 4.79 Å². The molecule has 1 unspecified atom stereocenters. The van der Waals surface area contributed by atoms with E-state index in [-0.39, 0.29) is 5.91 Å². The van der Waals surface area contributed by atoms with Gasteiger partial charge in [0.05, 0.1) is 12.7 Å². The molecule has 1 aliphatic heterocycles. The number of carbonyl (C=O) groups excluding carboxylic acids is 1. The molecule has 5 nitrogen and oxygen atoms in total. The fourth-order valence-corrected chi connectivity index (χ4v) is 3.19. The first kappa shape index (κ1) is 15.7. The summed E-state index contributed by atoms with van der Waals surface area (Å²) in [6.07, 6.45) is 6.22. The number of benzene rings is 1. The van der Waals surface area contributed by atoms with Gasteiger partial charge in [-0.1, -0.05) is 30.3 Å². The van der Waals surface area contributed by atoms with E-state index < -0.39 is 0 Å². The number of nitrogens with zero attached hydrogens (tertiary/aromatic N) is 3. The van der Waals surface area contributed by atoms with E-state index in [2.05, 4.69) is 21.5 Å². The molecule has 0 aliphatic carbocycles. The molecule has 1 fully saturated rings. The van der Waals surface area contributed by atoms with Gasteiger partial charge in [0.25, 0.3) is 0 Å². The highest BCUT2D eigenvalue weighted by atomic mass is 16.2. The molecular formula is C18H24N4O. The maximum absolute atomic E-state index is 12.1. The van der Waals surface area contributed by atoms with Crippen molar-refractivity contribution in [3.63, 3.8) is 0 Å². The number of aromatic nitrogens is 2. The van der Waals surface area contributed by atoms with Gasteiger partial charge < -0.3 is 5.32 Å². The third-order valence-electron chi connectivity index (χ3n) is 4.35. The topological polar surface area (TPSA) is 50.2 Å². The third kappa shape index (κ3) is 4.66. The Labute approximate surface area is 137 Å². The zero-order valence-corrected chi connectivity index (χ0v) is 13.6.